The molecule has 2 rings (SSSR count). The Morgan fingerprint density at radius 3 is 2.78 bits per heavy atom. The van der Waals surface area contributed by atoms with Gasteiger partial charge in [-0.25, -0.2) is 17.9 Å². The number of halogens is 1. The molecule has 6 nitrogen and oxygen atoms in total. The standard InChI is InChI=1S/C15H20ClNO5S/c1-15(2,3)22-14(18)17-23(19,20)9-10-6-7-21-13-8-11(16)4-5-12(10)13/h4-5,8,10H,6-7,9H2,1-3H3,(H,17,18). The summed E-state index contributed by atoms with van der Waals surface area (Å²) in [5.74, 6) is 0.0988. The third-order valence-corrected chi connectivity index (χ3v) is 4.75. The van der Waals surface area contributed by atoms with E-state index in [2.05, 4.69) is 0 Å². The number of nitrogens with one attached hydrogen (secondary N) is 1. The van der Waals surface area contributed by atoms with Crippen LogP contribution in [0.5, 0.6) is 5.75 Å². The molecule has 8 heteroatoms. The first-order chi connectivity index (χ1) is 10.6. The molecule has 1 aliphatic rings. The van der Waals surface area contributed by atoms with Gasteiger partial charge in [0.15, 0.2) is 0 Å². The van der Waals surface area contributed by atoms with E-state index in [1.807, 2.05) is 4.72 Å². The Kier molecular flexibility index (Phi) is 5.10. The van der Waals surface area contributed by atoms with Gasteiger partial charge >= 0.3 is 6.09 Å². The highest BCUT2D eigenvalue weighted by Crippen LogP contribution is 2.36. The molecule has 128 valence electrons. The molecule has 0 aromatic heterocycles. The van der Waals surface area contributed by atoms with Gasteiger partial charge in [0.1, 0.15) is 11.4 Å². The number of rotatable bonds is 3. The van der Waals surface area contributed by atoms with E-state index in [9.17, 15) is 13.2 Å². The van der Waals surface area contributed by atoms with E-state index in [1.165, 1.54) is 0 Å². The Morgan fingerprint density at radius 1 is 1.43 bits per heavy atom. The van der Waals surface area contributed by atoms with Crippen LogP contribution >= 0.6 is 11.6 Å². The lowest BCUT2D eigenvalue weighted by atomic mass is 9.95. The molecule has 1 aromatic rings. The summed E-state index contributed by atoms with van der Waals surface area (Å²) in [5.41, 5.74) is 0.0111. The molecule has 1 unspecified atom stereocenters. The van der Waals surface area contributed by atoms with E-state index in [4.69, 9.17) is 21.1 Å². The lowest BCUT2D eigenvalue weighted by molar-refractivity contribution is 0.0570. The van der Waals surface area contributed by atoms with Crippen LogP contribution in [0.4, 0.5) is 4.79 Å². The maximum absolute atomic E-state index is 12.2. The average Bonchev–Trinajstić information content (AvgIpc) is 2.34. The van der Waals surface area contributed by atoms with Crippen LogP contribution in [0.1, 0.15) is 38.7 Å². The summed E-state index contributed by atoms with van der Waals surface area (Å²) < 4.78 is 36.8. The van der Waals surface area contributed by atoms with E-state index in [0.717, 1.165) is 5.56 Å². The molecule has 0 aliphatic carbocycles. The predicted molar refractivity (Wildman–Crippen MR) is 87.5 cm³/mol. The number of hydrogen-bond donors (Lipinski definition) is 1. The number of hydrogen-bond acceptors (Lipinski definition) is 5. The molecule has 0 saturated carbocycles. The largest absolute Gasteiger partial charge is 0.493 e. The molecule has 1 atom stereocenters. The molecular weight excluding hydrogens is 342 g/mol. The number of sulfonamides is 1. The van der Waals surface area contributed by atoms with Crippen LogP contribution in [0.25, 0.3) is 0 Å². The minimum absolute atomic E-state index is 0.218. The van der Waals surface area contributed by atoms with Gasteiger partial charge in [-0.1, -0.05) is 17.7 Å². The van der Waals surface area contributed by atoms with Crippen LogP contribution in [-0.4, -0.2) is 32.5 Å². The summed E-state index contributed by atoms with van der Waals surface area (Å²) in [7, 11) is -3.82. The molecule has 0 bridgehead atoms. The third-order valence-electron chi connectivity index (χ3n) is 3.20. The first kappa shape index (κ1) is 17.9. The monoisotopic (exact) mass is 361 g/mol. The molecule has 1 aromatic carbocycles. The number of ether oxygens (including phenoxy) is 2. The van der Waals surface area contributed by atoms with Crippen molar-refractivity contribution in [2.24, 2.45) is 0 Å². The molecule has 0 radical (unpaired) electrons. The summed E-state index contributed by atoms with van der Waals surface area (Å²) in [6.07, 6.45) is -0.426. The fourth-order valence-electron chi connectivity index (χ4n) is 2.34. The van der Waals surface area contributed by atoms with Crippen LogP contribution in [0.15, 0.2) is 18.2 Å². The molecule has 0 saturated heterocycles. The van der Waals surface area contributed by atoms with Crippen LogP contribution in [-0.2, 0) is 14.8 Å². The van der Waals surface area contributed by atoms with Gasteiger partial charge in [0, 0.05) is 10.9 Å². The van der Waals surface area contributed by atoms with Crippen LogP contribution < -0.4 is 9.46 Å². The second-order valence-electron chi connectivity index (χ2n) is 6.40. The lowest BCUT2D eigenvalue weighted by Gasteiger charge is -2.26. The van der Waals surface area contributed by atoms with Crippen molar-refractivity contribution in [1.29, 1.82) is 0 Å². The Labute approximate surface area is 141 Å². The summed E-state index contributed by atoms with van der Waals surface area (Å²) in [5, 5.41) is 0.527. The summed E-state index contributed by atoms with van der Waals surface area (Å²) in [4.78, 5) is 11.7. The van der Waals surface area contributed by atoms with Gasteiger partial charge in [-0.2, -0.15) is 0 Å². The SMILES string of the molecule is CC(C)(C)OC(=O)NS(=O)(=O)CC1CCOc2cc(Cl)ccc21. The second-order valence-corrected chi connectivity index (χ2v) is 8.60. The minimum Gasteiger partial charge on any atom is -0.493 e. The van der Waals surface area contributed by atoms with Gasteiger partial charge < -0.3 is 9.47 Å². The zero-order chi connectivity index (χ0) is 17.3. The van der Waals surface area contributed by atoms with Crippen LogP contribution in [0.3, 0.4) is 0 Å². The summed E-state index contributed by atoms with van der Waals surface area (Å²) in [6.45, 7) is 5.40. The highest BCUT2D eigenvalue weighted by atomic mass is 35.5. The zero-order valence-corrected chi connectivity index (χ0v) is 14.8. The van der Waals surface area contributed by atoms with Crippen molar-refractivity contribution in [3.63, 3.8) is 0 Å². The quantitative estimate of drug-likeness (QED) is 0.894. The molecule has 0 spiro atoms. The third kappa shape index (κ3) is 5.28. The van der Waals surface area contributed by atoms with Gasteiger partial charge in [0.2, 0.25) is 10.0 Å². The van der Waals surface area contributed by atoms with Crippen molar-refractivity contribution in [2.45, 2.75) is 38.7 Å². The van der Waals surface area contributed by atoms with Gasteiger partial charge in [-0.15, -0.1) is 0 Å². The first-order valence-corrected chi connectivity index (χ1v) is 9.24. The molecular formula is C15H20ClNO5S. The Balaban J connectivity index is 2.09. The molecule has 1 amide bonds. The van der Waals surface area contributed by atoms with Crippen molar-refractivity contribution < 1.29 is 22.7 Å². The number of carbonyl (C=O) groups is 1. The molecule has 1 aliphatic heterocycles. The number of amides is 1. The van der Waals surface area contributed by atoms with Crippen molar-refractivity contribution in [3.8, 4) is 5.75 Å². The number of benzene rings is 1. The van der Waals surface area contributed by atoms with Crippen LogP contribution in [0, 0.1) is 0 Å². The van der Waals surface area contributed by atoms with E-state index >= 15 is 0 Å². The molecule has 0 fully saturated rings. The van der Waals surface area contributed by atoms with Gasteiger partial charge in [0.05, 0.1) is 12.4 Å². The summed E-state index contributed by atoms with van der Waals surface area (Å²) >= 11 is 5.92. The van der Waals surface area contributed by atoms with Gasteiger partial charge in [0.25, 0.3) is 0 Å². The number of carbonyl (C=O) groups excluding carboxylic acids is 1. The van der Waals surface area contributed by atoms with Crippen LogP contribution in [0.2, 0.25) is 5.02 Å². The summed E-state index contributed by atoms with van der Waals surface area (Å²) in [6, 6.07) is 5.11. The fourth-order valence-corrected chi connectivity index (χ4v) is 3.76. The maximum Gasteiger partial charge on any atom is 0.421 e. The average molecular weight is 362 g/mol. The smallest absolute Gasteiger partial charge is 0.421 e. The topological polar surface area (TPSA) is 81.7 Å². The van der Waals surface area contributed by atoms with E-state index in [0.29, 0.717) is 23.8 Å². The van der Waals surface area contributed by atoms with E-state index in [-0.39, 0.29) is 11.7 Å². The Bertz CT molecular complexity index is 696. The Hall–Kier alpha value is -1.47. The first-order valence-electron chi connectivity index (χ1n) is 7.21. The number of fused-ring (bicyclic) bond motifs is 1. The van der Waals surface area contributed by atoms with Gasteiger partial charge in [-0.3, -0.25) is 0 Å². The Morgan fingerprint density at radius 2 is 2.13 bits per heavy atom. The second kappa shape index (κ2) is 6.57. The predicted octanol–water partition coefficient (Wildman–Crippen LogP) is 3.06. The highest BCUT2D eigenvalue weighted by Gasteiger charge is 2.29. The molecule has 1 heterocycles. The van der Waals surface area contributed by atoms with Crippen molar-refractivity contribution in [3.05, 3.63) is 28.8 Å². The lowest BCUT2D eigenvalue weighted by Crippen LogP contribution is -2.39. The molecule has 1 N–H and O–H groups in total. The maximum atomic E-state index is 12.2. The normalized spacial score (nSPS) is 17.8. The van der Waals surface area contributed by atoms with E-state index in [1.54, 1.807) is 39.0 Å². The zero-order valence-electron chi connectivity index (χ0n) is 13.3. The van der Waals surface area contributed by atoms with Crippen molar-refractivity contribution in [2.75, 3.05) is 12.4 Å². The highest BCUT2D eigenvalue weighted by molar-refractivity contribution is 7.90. The van der Waals surface area contributed by atoms with Crippen molar-refractivity contribution >= 4 is 27.7 Å². The fraction of sp³-hybridized carbons (Fsp3) is 0.533. The van der Waals surface area contributed by atoms with E-state index < -0.39 is 21.7 Å². The molecule has 23 heavy (non-hydrogen) atoms. The minimum atomic E-state index is -3.82. The van der Waals surface area contributed by atoms with Gasteiger partial charge in [-0.05, 0) is 44.9 Å². The van der Waals surface area contributed by atoms with Crippen molar-refractivity contribution in [1.82, 2.24) is 4.72 Å².